The van der Waals surface area contributed by atoms with Crippen molar-refractivity contribution in [2.75, 3.05) is 38.2 Å². The third-order valence-corrected chi connectivity index (χ3v) is 4.32. The van der Waals surface area contributed by atoms with Gasteiger partial charge in [0.2, 0.25) is 0 Å². The molecule has 0 bridgehead atoms. The Labute approximate surface area is 158 Å². The van der Waals surface area contributed by atoms with Crippen molar-refractivity contribution in [3.05, 3.63) is 41.7 Å². The van der Waals surface area contributed by atoms with Gasteiger partial charge in [-0.15, -0.1) is 0 Å². The van der Waals surface area contributed by atoms with Crippen LogP contribution >= 0.6 is 0 Å². The number of aryl methyl sites for hydroxylation is 1. The molecule has 27 heavy (non-hydrogen) atoms. The molecule has 1 aromatic heterocycles. The molecule has 0 spiro atoms. The predicted molar refractivity (Wildman–Crippen MR) is 100 cm³/mol. The molecule has 3 rings (SSSR count). The van der Waals surface area contributed by atoms with Gasteiger partial charge in [-0.2, -0.15) is 5.10 Å². The van der Waals surface area contributed by atoms with E-state index in [1.54, 1.807) is 27.8 Å². The minimum atomic E-state index is -0.342. The van der Waals surface area contributed by atoms with Crippen molar-refractivity contribution in [2.45, 2.75) is 20.4 Å². The summed E-state index contributed by atoms with van der Waals surface area (Å²) in [6.07, 6.45) is 1.51. The molecule has 144 valence electrons. The zero-order valence-electron chi connectivity index (χ0n) is 15.6. The number of nitrogens with zero attached hydrogens (tertiary/aromatic N) is 3. The van der Waals surface area contributed by atoms with E-state index in [0.29, 0.717) is 62.1 Å². The molecule has 0 aliphatic carbocycles. The maximum Gasteiger partial charge on any atom is 0.274 e. The number of para-hydroxylation sites is 1. The minimum absolute atomic E-state index is 0.161. The highest BCUT2D eigenvalue weighted by molar-refractivity contribution is 6.09. The van der Waals surface area contributed by atoms with E-state index in [0.717, 1.165) is 0 Å². The van der Waals surface area contributed by atoms with Crippen molar-refractivity contribution in [2.24, 2.45) is 0 Å². The summed E-state index contributed by atoms with van der Waals surface area (Å²) in [5.74, 6) is -0.00165. The summed E-state index contributed by atoms with van der Waals surface area (Å²) in [5, 5.41) is 7.07. The number of ether oxygens (including phenoxy) is 2. The van der Waals surface area contributed by atoms with Crippen molar-refractivity contribution in [1.82, 2.24) is 14.7 Å². The molecular weight excluding hydrogens is 348 g/mol. The molecule has 0 atom stereocenters. The van der Waals surface area contributed by atoms with Gasteiger partial charge in [0.1, 0.15) is 11.4 Å². The molecule has 2 heterocycles. The van der Waals surface area contributed by atoms with Gasteiger partial charge in [-0.3, -0.25) is 14.3 Å². The Balaban J connectivity index is 1.86. The summed E-state index contributed by atoms with van der Waals surface area (Å²) in [6, 6.07) is 7.01. The van der Waals surface area contributed by atoms with Gasteiger partial charge in [0, 0.05) is 19.6 Å². The van der Waals surface area contributed by atoms with Crippen LogP contribution in [0.1, 0.15) is 34.7 Å². The van der Waals surface area contributed by atoms with Crippen molar-refractivity contribution in [1.29, 1.82) is 0 Å². The van der Waals surface area contributed by atoms with E-state index in [1.807, 2.05) is 19.9 Å². The first kappa shape index (κ1) is 18.9. The summed E-state index contributed by atoms with van der Waals surface area (Å²) >= 11 is 0. The molecule has 0 unspecified atom stereocenters. The molecule has 0 saturated carbocycles. The molecule has 1 fully saturated rings. The zero-order valence-corrected chi connectivity index (χ0v) is 15.6. The Hall–Kier alpha value is -2.87. The van der Waals surface area contributed by atoms with Gasteiger partial charge in [0.25, 0.3) is 11.8 Å². The monoisotopic (exact) mass is 372 g/mol. The molecule has 0 radical (unpaired) electrons. The van der Waals surface area contributed by atoms with E-state index >= 15 is 0 Å². The lowest BCUT2D eigenvalue weighted by Gasteiger charge is -2.27. The van der Waals surface area contributed by atoms with Crippen LogP contribution in [0.2, 0.25) is 0 Å². The summed E-state index contributed by atoms with van der Waals surface area (Å²) in [7, 11) is 0. The first-order valence-corrected chi connectivity index (χ1v) is 9.11. The van der Waals surface area contributed by atoms with Crippen molar-refractivity contribution >= 4 is 17.5 Å². The fourth-order valence-corrected chi connectivity index (χ4v) is 2.98. The van der Waals surface area contributed by atoms with Crippen LogP contribution in [0.15, 0.2) is 30.5 Å². The summed E-state index contributed by atoms with van der Waals surface area (Å²) in [5.41, 5.74) is 1.18. The van der Waals surface area contributed by atoms with Crippen molar-refractivity contribution in [3.8, 4) is 5.75 Å². The minimum Gasteiger partial charge on any atom is -0.493 e. The third-order valence-electron chi connectivity index (χ3n) is 4.32. The van der Waals surface area contributed by atoms with Crippen LogP contribution in [0.3, 0.4) is 0 Å². The van der Waals surface area contributed by atoms with Gasteiger partial charge in [-0.1, -0.05) is 12.1 Å². The second-order valence-electron chi connectivity index (χ2n) is 6.01. The van der Waals surface area contributed by atoms with E-state index in [2.05, 4.69) is 10.4 Å². The second kappa shape index (κ2) is 8.68. The van der Waals surface area contributed by atoms with E-state index in [9.17, 15) is 9.59 Å². The Bertz CT molecular complexity index is 812. The molecule has 8 heteroatoms. The largest absolute Gasteiger partial charge is 0.493 e. The van der Waals surface area contributed by atoms with Crippen LogP contribution in [0.4, 0.5) is 5.69 Å². The van der Waals surface area contributed by atoms with Crippen LogP contribution in [-0.2, 0) is 11.3 Å². The fourth-order valence-electron chi connectivity index (χ4n) is 2.98. The van der Waals surface area contributed by atoms with Gasteiger partial charge in [-0.05, 0) is 26.0 Å². The number of rotatable bonds is 6. The Morgan fingerprint density at radius 1 is 1.22 bits per heavy atom. The van der Waals surface area contributed by atoms with Crippen LogP contribution in [0.5, 0.6) is 5.75 Å². The average Bonchev–Trinajstić information content (AvgIpc) is 3.11. The number of nitrogens with one attached hydrogen (secondary N) is 1. The number of aromatic nitrogens is 2. The van der Waals surface area contributed by atoms with Gasteiger partial charge in [0.05, 0.1) is 37.3 Å². The van der Waals surface area contributed by atoms with Gasteiger partial charge in [0.15, 0.2) is 0 Å². The van der Waals surface area contributed by atoms with E-state index in [-0.39, 0.29) is 11.8 Å². The molecule has 1 aromatic carbocycles. The maximum atomic E-state index is 13.0. The quantitative estimate of drug-likeness (QED) is 0.839. The molecule has 1 saturated heterocycles. The average molecular weight is 372 g/mol. The molecule has 1 aliphatic heterocycles. The fraction of sp³-hybridized carbons (Fsp3) is 0.421. The lowest BCUT2D eigenvalue weighted by molar-refractivity contribution is 0.0295. The number of morpholine rings is 1. The highest BCUT2D eigenvalue weighted by Crippen LogP contribution is 2.23. The number of hydrogen-bond acceptors (Lipinski definition) is 5. The zero-order chi connectivity index (χ0) is 19.2. The van der Waals surface area contributed by atoms with Crippen molar-refractivity contribution < 1.29 is 19.1 Å². The summed E-state index contributed by atoms with van der Waals surface area (Å²) in [4.78, 5) is 27.5. The van der Waals surface area contributed by atoms with Crippen LogP contribution in [0.25, 0.3) is 0 Å². The van der Waals surface area contributed by atoms with Crippen LogP contribution < -0.4 is 10.1 Å². The first-order valence-electron chi connectivity index (χ1n) is 9.11. The normalized spacial score (nSPS) is 14.1. The standard InChI is InChI=1S/C19H24N4O4/c1-3-23-17(19(25)22-9-11-26-12-10-22)15(13-20-23)21-18(24)14-7-5-6-8-16(14)27-4-2/h5-8,13H,3-4,9-12H2,1-2H3,(H,21,24). The van der Waals surface area contributed by atoms with E-state index in [4.69, 9.17) is 9.47 Å². The van der Waals surface area contributed by atoms with E-state index in [1.165, 1.54) is 6.20 Å². The molecular formula is C19H24N4O4. The summed E-state index contributed by atoms with van der Waals surface area (Å²) in [6.45, 7) is 6.81. The third kappa shape index (κ3) is 4.11. The predicted octanol–water partition coefficient (Wildman–Crippen LogP) is 2.03. The molecule has 2 aromatic rings. The Kier molecular flexibility index (Phi) is 6.08. The number of hydrogen-bond donors (Lipinski definition) is 1. The van der Waals surface area contributed by atoms with Crippen LogP contribution in [0, 0.1) is 0 Å². The molecule has 1 N–H and O–H groups in total. The number of amides is 2. The SMILES string of the molecule is CCOc1ccccc1C(=O)Nc1cnn(CC)c1C(=O)N1CCOCC1. The number of anilines is 1. The lowest BCUT2D eigenvalue weighted by Crippen LogP contribution is -2.41. The Morgan fingerprint density at radius 3 is 2.67 bits per heavy atom. The molecule has 1 aliphatic rings. The molecule has 8 nitrogen and oxygen atoms in total. The highest BCUT2D eigenvalue weighted by Gasteiger charge is 2.26. The smallest absolute Gasteiger partial charge is 0.274 e. The second-order valence-corrected chi connectivity index (χ2v) is 6.01. The first-order chi connectivity index (χ1) is 13.2. The lowest BCUT2D eigenvalue weighted by atomic mass is 10.2. The molecule has 2 amide bonds. The van der Waals surface area contributed by atoms with Crippen LogP contribution in [-0.4, -0.2) is 59.4 Å². The van der Waals surface area contributed by atoms with Gasteiger partial charge in [-0.25, -0.2) is 0 Å². The Morgan fingerprint density at radius 2 is 1.96 bits per heavy atom. The van der Waals surface area contributed by atoms with Gasteiger partial charge < -0.3 is 19.7 Å². The maximum absolute atomic E-state index is 13.0. The number of benzene rings is 1. The number of carbonyl (C=O) groups excluding carboxylic acids is 2. The van der Waals surface area contributed by atoms with Crippen molar-refractivity contribution in [3.63, 3.8) is 0 Å². The highest BCUT2D eigenvalue weighted by atomic mass is 16.5. The van der Waals surface area contributed by atoms with E-state index < -0.39 is 0 Å². The van der Waals surface area contributed by atoms with Gasteiger partial charge >= 0.3 is 0 Å². The number of carbonyl (C=O) groups is 2. The topological polar surface area (TPSA) is 85.7 Å². The summed E-state index contributed by atoms with van der Waals surface area (Å²) < 4.78 is 12.4.